The molecule has 0 aliphatic heterocycles. The van der Waals surface area contributed by atoms with Gasteiger partial charge in [-0.1, -0.05) is 84.9 Å². The molecule has 0 aliphatic rings. The zero-order chi connectivity index (χ0) is 21.3. The van der Waals surface area contributed by atoms with Gasteiger partial charge in [0.1, 0.15) is 10.0 Å². The van der Waals surface area contributed by atoms with Crippen molar-refractivity contribution in [3.8, 4) is 0 Å². The molecule has 2 aromatic heterocycles. The number of aromatic nitrogens is 2. The van der Waals surface area contributed by atoms with Crippen LogP contribution in [0.1, 0.15) is 21.1 Å². The number of rotatable bonds is 4. The molecule has 6 rings (SSSR count). The van der Waals surface area contributed by atoms with Crippen molar-refractivity contribution in [1.29, 1.82) is 0 Å². The zero-order valence-corrected chi connectivity index (χ0v) is 18.7. The molecule has 6 aromatic rings. The quantitative estimate of drug-likeness (QED) is 0.257. The number of para-hydroxylation sites is 2. The number of hydrogen-bond acceptors (Lipinski definition) is 4. The molecule has 0 bridgehead atoms. The van der Waals surface area contributed by atoms with Crippen LogP contribution in [0.2, 0.25) is 0 Å². The van der Waals surface area contributed by atoms with E-state index in [9.17, 15) is 0 Å². The van der Waals surface area contributed by atoms with Crippen molar-refractivity contribution in [3.05, 3.63) is 130 Å². The van der Waals surface area contributed by atoms with E-state index in [4.69, 9.17) is 9.97 Å². The van der Waals surface area contributed by atoms with Gasteiger partial charge in [-0.25, -0.2) is 9.97 Å². The molecular weight excluding hydrogens is 428 g/mol. The monoisotopic (exact) mass is 446 g/mol. The lowest BCUT2D eigenvalue weighted by Gasteiger charge is -2.13. The molecule has 0 N–H and O–H groups in total. The first-order chi connectivity index (χ1) is 15.9. The molecule has 0 saturated heterocycles. The second-order valence-corrected chi connectivity index (χ2v) is 9.52. The average Bonchev–Trinajstić information content (AvgIpc) is 3.47. The molecule has 4 aromatic carbocycles. The van der Waals surface area contributed by atoms with Crippen molar-refractivity contribution in [2.75, 3.05) is 0 Å². The van der Waals surface area contributed by atoms with Gasteiger partial charge in [-0.2, -0.15) is 0 Å². The van der Waals surface area contributed by atoms with E-state index in [1.807, 2.05) is 12.1 Å². The standard InChI is InChI=1S/C28H18N2S2/c1-3-11-19(12-4-1)25(27-29-21-15-7-9-17-23(21)31-27)26(20-13-5-2-6-14-20)28-30-22-16-8-10-18-24(22)32-28/h1-18H/b26-25+. The summed E-state index contributed by atoms with van der Waals surface area (Å²) in [5.41, 5.74) is 6.58. The van der Waals surface area contributed by atoms with Gasteiger partial charge < -0.3 is 0 Å². The van der Waals surface area contributed by atoms with E-state index in [1.165, 1.54) is 9.40 Å². The predicted molar refractivity (Wildman–Crippen MR) is 137 cm³/mol. The smallest absolute Gasteiger partial charge is 0.125 e. The second-order valence-electron chi connectivity index (χ2n) is 7.46. The molecule has 0 radical (unpaired) electrons. The van der Waals surface area contributed by atoms with Gasteiger partial charge in [0, 0.05) is 11.1 Å². The van der Waals surface area contributed by atoms with Crippen LogP contribution in [0.25, 0.3) is 31.6 Å². The largest absolute Gasteiger partial charge is 0.236 e. The van der Waals surface area contributed by atoms with E-state index >= 15 is 0 Å². The lowest BCUT2D eigenvalue weighted by atomic mass is 9.95. The molecule has 0 amide bonds. The normalized spacial score (nSPS) is 12.2. The third-order valence-corrected chi connectivity index (χ3v) is 7.50. The van der Waals surface area contributed by atoms with Crippen LogP contribution in [-0.4, -0.2) is 9.97 Å². The van der Waals surface area contributed by atoms with Gasteiger partial charge in [-0.05, 0) is 35.4 Å². The number of hydrogen-bond donors (Lipinski definition) is 0. The maximum atomic E-state index is 5.05. The molecule has 0 atom stereocenters. The molecule has 2 nitrogen and oxygen atoms in total. The van der Waals surface area contributed by atoms with E-state index in [0.29, 0.717) is 0 Å². The van der Waals surface area contributed by atoms with Crippen LogP contribution in [0, 0.1) is 0 Å². The second kappa shape index (κ2) is 8.15. The summed E-state index contributed by atoms with van der Waals surface area (Å²) >= 11 is 3.47. The number of benzene rings is 4. The summed E-state index contributed by atoms with van der Waals surface area (Å²) in [5.74, 6) is 0. The van der Waals surface area contributed by atoms with Crippen LogP contribution >= 0.6 is 22.7 Å². The Balaban J connectivity index is 1.73. The Hall–Kier alpha value is -3.60. The fourth-order valence-corrected chi connectivity index (χ4v) is 6.00. The molecular formula is C28H18N2S2. The van der Waals surface area contributed by atoms with Crippen LogP contribution < -0.4 is 0 Å². The lowest BCUT2D eigenvalue weighted by Crippen LogP contribution is -1.96. The highest BCUT2D eigenvalue weighted by atomic mass is 32.1. The summed E-state index contributed by atoms with van der Waals surface area (Å²) in [5, 5.41) is 2.02. The summed E-state index contributed by atoms with van der Waals surface area (Å²) in [7, 11) is 0. The Morgan fingerprint density at radius 1 is 0.438 bits per heavy atom. The number of fused-ring (bicyclic) bond motifs is 2. The summed E-state index contributed by atoms with van der Waals surface area (Å²) < 4.78 is 2.38. The van der Waals surface area contributed by atoms with Gasteiger partial charge in [0.05, 0.1) is 20.4 Å². The first-order valence-electron chi connectivity index (χ1n) is 10.4. The molecule has 0 saturated carbocycles. The van der Waals surface area contributed by atoms with Gasteiger partial charge in [-0.3, -0.25) is 0 Å². The van der Waals surface area contributed by atoms with Gasteiger partial charge in [-0.15, -0.1) is 22.7 Å². The minimum atomic E-state index is 1.01. The van der Waals surface area contributed by atoms with Crippen LogP contribution in [0.4, 0.5) is 0 Å². The Labute approximate surface area is 194 Å². The first-order valence-corrected chi connectivity index (χ1v) is 12.1. The van der Waals surface area contributed by atoms with Crippen LogP contribution in [0.5, 0.6) is 0 Å². The van der Waals surface area contributed by atoms with Gasteiger partial charge in [0.15, 0.2) is 0 Å². The summed E-state index contributed by atoms with van der Waals surface area (Å²) in [6, 6.07) is 37.8. The first kappa shape index (κ1) is 19.1. The van der Waals surface area contributed by atoms with Gasteiger partial charge in [0.2, 0.25) is 0 Å². The molecule has 0 spiro atoms. The summed E-state index contributed by atoms with van der Waals surface area (Å²) in [4.78, 5) is 10.1. The summed E-state index contributed by atoms with van der Waals surface area (Å²) in [6.07, 6.45) is 0. The topological polar surface area (TPSA) is 25.8 Å². The maximum absolute atomic E-state index is 5.05. The van der Waals surface area contributed by atoms with Crippen molar-refractivity contribution in [2.45, 2.75) is 0 Å². The SMILES string of the molecule is c1ccc(/C(=C(/c2ccccc2)c2nc3ccccc3s2)c2nc3ccccc3s2)cc1. The highest BCUT2D eigenvalue weighted by molar-refractivity contribution is 7.20. The number of nitrogens with zero attached hydrogens (tertiary/aromatic N) is 2. The lowest BCUT2D eigenvalue weighted by molar-refractivity contribution is 1.39. The third kappa shape index (κ3) is 3.44. The zero-order valence-electron chi connectivity index (χ0n) is 17.1. The molecule has 152 valence electrons. The molecule has 0 fully saturated rings. The number of thiazole rings is 2. The Morgan fingerprint density at radius 2 is 0.812 bits per heavy atom. The van der Waals surface area contributed by atoms with Crippen LogP contribution in [0.15, 0.2) is 109 Å². The van der Waals surface area contributed by atoms with Gasteiger partial charge in [0.25, 0.3) is 0 Å². The Bertz CT molecular complexity index is 1380. The van der Waals surface area contributed by atoms with Crippen molar-refractivity contribution in [3.63, 3.8) is 0 Å². The fourth-order valence-electron chi connectivity index (χ4n) is 3.92. The molecule has 2 heterocycles. The third-order valence-electron chi connectivity index (χ3n) is 5.39. The highest BCUT2D eigenvalue weighted by Gasteiger charge is 2.21. The minimum Gasteiger partial charge on any atom is -0.236 e. The van der Waals surface area contributed by atoms with Crippen molar-refractivity contribution in [2.24, 2.45) is 0 Å². The van der Waals surface area contributed by atoms with Crippen molar-refractivity contribution in [1.82, 2.24) is 9.97 Å². The molecule has 4 heteroatoms. The highest BCUT2D eigenvalue weighted by Crippen LogP contribution is 2.41. The van der Waals surface area contributed by atoms with Crippen LogP contribution in [-0.2, 0) is 0 Å². The summed E-state index contributed by atoms with van der Waals surface area (Å²) in [6.45, 7) is 0. The fraction of sp³-hybridized carbons (Fsp3) is 0. The van der Waals surface area contributed by atoms with Crippen molar-refractivity contribution < 1.29 is 0 Å². The molecule has 0 aliphatic carbocycles. The molecule has 32 heavy (non-hydrogen) atoms. The van der Waals surface area contributed by atoms with Gasteiger partial charge >= 0.3 is 0 Å². The van der Waals surface area contributed by atoms with Crippen LogP contribution in [0.3, 0.4) is 0 Å². The Morgan fingerprint density at radius 3 is 1.22 bits per heavy atom. The average molecular weight is 447 g/mol. The van der Waals surface area contributed by atoms with E-state index in [-0.39, 0.29) is 0 Å². The Kier molecular flexibility index (Phi) is 4.87. The van der Waals surface area contributed by atoms with E-state index in [0.717, 1.165) is 43.3 Å². The van der Waals surface area contributed by atoms with E-state index in [2.05, 4.69) is 97.1 Å². The minimum absolute atomic E-state index is 1.01. The van der Waals surface area contributed by atoms with E-state index < -0.39 is 0 Å². The van der Waals surface area contributed by atoms with E-state index in [1.54, 1.807) is 22.7 Å². The maximum Gasteiger partial charge on any atom is 0.125 e. The molecule has 0 unspecified atom stereocenters. The predicted octanol–water partition coefficient (Wildman–Crippen LogP) is 7.91. The van der Waals surface area contributed by atoms with Crippen molar-refractivity contribution >= 4 is 54.3 Å².